The molecule has 172 valence electrons. The second-order valence-electron chi connectivity index (χ2n) is 8.12. The largest absolute Gasteiger partial charge is 0.491 e. The van der Waals surface area contributed by atoms with Gasteiger partial charge in [-0.1, -0.05) is 0 Å². The number of rotatable bonds is 6. The van der Waals surface area contributed by atoms with Crippen LogP contribution in [-0.2, 0) is 17.0 Å². The Kier molecular flexibility index (Phi) is 5.28. The normalized spacial score (nSPS) is 19.4. The van der Waals surface area contributed by atoms with Crippen LogP contribution in [0.1, 0.15) is 48.3 Å². The number of hydrogen-bond donors (Lipinski definition) is 0. The van der Waals surface area contributed by atoms with Gasteiger partial charge >= 0.3 is 0 Å². The van der Waals surface area contributed by atoms with Crippen LogP contribution in [0.25, 0.3) is 11.3 Å². The SMILES string of the molecule is CCOc1ncc(-c2cc(C)c3c(n2)[C@@]2(CCCO2)N(c2ccn(CC)n2)C3=O)cc1OC. The summed E-state index contributed by atoms with van der Waals surface area (Å²) in [5, 5.41) is 4.60. The lowest BCUT2D eigenvalue weighted by atomic mass is 9.99. The van der Waals surface area contributed by atoms with E-state index in [4.69, 9.17) is 19.2 Å². The van der Waals surface area contributed by atoms with Crippen LogP contribution in [0, 0.1) is 6.92 Å². The molecule has 33 heavy (non-hydrogen) atoms. The Labute approximate surface area is 192 Å². The van der Waals surface area contributed by atoms with Crippen LogP contribution in [0.3, 0.4) is 0 Å². The molecule has 0 bridgehead atoms. The first-order valence-corrected chi connectivity index (χ1v) is 11.2. The highest BCUT2D eigenvalue weighted by molar-refractivity contribution is 6.12. The number of ether oxygens (including phenoxy) is 3. The first-order valence-electron chi connectivity index (χ1n) is 11.2. The zero-order chi connectivity index (χ0) is 23.2. The molecule has 3 aromatic heterocycles. The van der Waals surface area contributed by atoms with E-state index >= 15 is 0 Å². The Morgan fingerprint density at radius 3 is 2.79 bits per heavy atom. The smallest absolute Gasteiger partial charge is 0.264 e. The fourth-order valence-electron chi connectivity index (χ4n) is 4.64. The standard InChI is InChI=1S/C24H27N5O4/c1-5-28-10-8-19(27-28)29-23(30)20-15(3)12-17(26-21(20)24(29)9-7-11-33-24)16-13-18(31-4)22(25-14-16)32-6-2/h8,10,12-14H,5-7,9,11H2,1-4H3/t24-/m0/s1. The molecular weight excluding hydrogens is 422 g/mol. The molecule has 1 amide bonds. The summed E-state index contributed by atoms with van der Waals surface area (Å²) in [6.07, 6.45) is 5.08. The van der Waals surface area contributed by atoms with Gasteiger partial charge in [-0.15, -0.1) is 0 Å². The maximum absolute atomic E-state index is 13.6. The molecule has 0 radical (unpaired) electrons. The van der Waals surface area contributed by atoms with Crippen molar-refractivity contribution < 1.29 is 19.0 Å². The minimum Gasteiger partial charge on any atom is -0.491 e. The molecule has 0 N–H and O–H groups in total. The summed E-state index contributed by atoms with van der Waals surface area (Å²) in [6, 6.07) is 5.62. The minimum absolute atomic E-state index is 0.132. The quantitative estimate of drug-likeness (QED) is 0.567. The number of aromatic nitrogens is 4. The second-order valence-corrected chi connectivity index (χ2v) is 8.12. The lowest BCUT2D eigenvalue weighted by Gasteiger charge is -2.32. The van der Waals surface area contributed by atoms with Crippen molar-refractivity contribution >= 4 is 11.7 Å². The van der Waals surface area contributed by atoms with Crippen molar-refractivity contribution in [3.63, 3.8) is 0 Å². The molecule has 0 aromatic carbocycles. The fourth-order valence-corrected chi connectivity index (χ4v) is 4.64. The third-order valence-corrected chi connectivity index (χ3v) is 6.16. The number of carbonyl (C=O) groups is 1. The molecule has 5 heterocycles. The lowest BCUT2D eigenvalue weighted by Crippen LogP contribution is -2.44. The van der Waals surface area contributed by atoms with Crippen LogP contribution in [0.2, 0.25) is 0 Å². The van der Waals surface area contributed by atoms with Crippen LogP contribution < -0.4 is 14.4 Å². The number of methoxy groups -OCH3 is 1. The highest BCUT2D eigenvalue weighted by Crippen LogP contribution is 2.49. The third kappa shape index (κ3) is 3.26. The Balaban J connectivity index is 1.64. The van der Waals surface area contributed by atoms with Crippen molar-refractivity contribution in [2.24, 2.45) is 0 Å². The molecule has 5 rings (SSSR count). The topological polar surface area (TPSA) is 91.6 Å². The zero-order valence-electron chi connectivity index (χ0n) is 19.3. The van der Waals surface area contributed by atoms with E-state index in [0.29, 0.717) is 54.0 Å². The van der Waals surface area contributed by atoms with Gasteiger partial charge in [0.05, 0.1) is 31.6 Å². The molecule has 9 heteroatoms. The number of anilines is 1. The number of fused-ring (bicyclic) bond motifs is 2. The van der Waals surface area contributed by atoms with Gasteiger partial charge in [-0.3, -0.25) is 14.4 Å². The fraction of sp³-hybridized carbons (Fsp3) is 0.417. The highest BCUT2D eigenvalue weighted by Gasteiger charge is 2.56. The van der Waals surface area contributed by atoms with E-state index in [9.17, 15) is 4.79 Å². The number of pyridine rings is 2. The molecule has 3 aromatic rings. The molecular formula is C24H27N5O4. The predicted octanol–water partition coefficient (Wildman–Crippen LogP) is 3.70. The molecule has 1 saturated heterocycles. The predicted molar refractivity (Wildman–Crippen MR) is 122 cm³/mol. The van der Waals surface area contributed by atoms with E-state index in [1.807, 2.05) is 45.2 Å². The molecule has 0 unspecified atom stereocenters. The van der Waals surface area contributed by atoms with E-state index in [-0.39, 0.29) is 5.91 Å². The first-order chi connectivity index (χ1) is 16.0. The number of amides is 1. The zero-order valence-corrected chi connectivity index (χ0v) is 19.3. The Morgan fingerprint density at radius 2 is 2.12 bits per heavy atom. The summed E-state index contributed by atoms with van der Waals surface area (Å²) in [6.45, 7) is 7.60. The summed E-state index contributed by atoms with van der Waals surface area (Å²) in [4.78, 5) is 24.7. The van der Waals surface area contributed by atoms with E-state index in [2.05, 4.69) is 10.1 Å². The highest BCUT2D eigenvalue weighted by atomic mass is 16.5. The van der Waals surface area contributed by atoms with Crippen LogP contribution in [-0.4, -0.2) is 46.0 Å². The van der Waals surface area contributed by atoms with Crippen LogP contribution in [0.15, 0.2) is 30.6 Å². The van der Waals surface area contributed by atoms with Gasteiger partial charge < -0.3 is 14.2 Å². The molecule has 1 atom stereocenters. The summed E-state index contributed by atoms with van der Waals surface area (Å²) in [7, 11) is 1.58. The lowest BCUT2D eigenvalue weighted by molar-refractivity contribution is 0.00243. The summed E-state index contributed by atoms with van der Waals surface area (Å²) in [5.41, 5.74) is 2.57. The van der Waals surface area contributed by atoms with Crippen molar-refractivity contribution in [1.29, 1.82) is 0 Å². The van der Waals surface area contributed by atoms with Gasteiger partial charge in [0.2, 0.25) is 0 Å². The first kappa shape index (κ1) is 21.4. The van der Waals surface area contributed by atoms with Crippen molar-refractivity contribution in [2.45, 2.75) is 45.9 Å². The Morgan fingerprint density at radius 1 is 1.27 bits per heavy atom. The van der Waals surface area contributed by atoms with Crippen molar-refractivity contribution in [1.82, 2.24) is 19.7 Å². The molecule has 9 nitrogen and oxygen atoms in total. The molecule has 2 aliphatic heterocycles. The maximum atomic E-state index is 13.6. The molecule has 0 saturated carbocycles. The van der Waals surface area contributed by atoms with E-state index in [1.165, 1.54) is 0 Å². The van der Waals surface area contributed by atoms with E-state index in [0.717, 1.165) is 24.1 Å². The van der Waals surface area contributed by atoms with Crippen LogP contribution >= 0.6 is 0 Å². The Hall–Kier alpha value is -3.46. The Bertz CT molecular complexity index is 1220. The molecule has 0 aliphatic carbocycles. The maximum Gasteiger partial charge on any atom is 0.264 e. The summed E-state index contributed by atoms with van der Waals surface area (Å²) >= 11 is 0. The summed E-state index contributed by atoms with van der Waals surface area (Å²) in [5.74, 6) is 1.41. The van der Waals surface area contributed by atoms with Gasteiger partial charge in [-0.05, 0) is 44.9 Å². The number of aryl methyl sites for hydroxylation is 2. The van der Waals surface area contributed by atoms with Crippen molar-refractivity contribution in [3.05, 3.63) is 47.4 Å². The average molecular weight is 450 g/mol. The summed E-state index contributed by atoms with van der Waals surface area (Å²) < 4.78 is 19.1. The van der Waals surface area contributed by atoms with E-state index < -0.39 is 5.72 Å². The van der Waals surface area contributed by atoms with Gasteiger partial charge in [-0.25, -0.2) is 9.97 Å². The monoisotopic (exact) mass is 449 g/mol. The minimum atomic E-state index is -0.955. The molecule has 1 spiro atoms. The van der Waals surface area contributed by atoms with Crippen molar-refractivity contribution in [3.8, 4) is 22.9 Å². The van der Waals surface area contributed by atoms with E-state index in [1.54, 1.807) is 22.9 Å². The second kappa shape index (κ2) is 8.15. The van der Waals surface area contributed by atoms with Gasteiger partial charge in [0, 0.05) is 37.0 Å². The van der Waals surface area contributed by atoms with Gasteiger partial charge in [0.1, 0.15) is 5.69 Å². The molecule has 2 aliphatic rings. The van der Waals surface area contributed by atoms with Crippen molar-refractivity contribution in [2.75, 3.05) is 25.2 Å². The third-order valence-electron chi connectivity index (χ3n) is 6.16. The van der Waals surface area contributed by atoms with Crippen LogP contribution in [0.4, 0.5) is 5.82 Å². The number of nitrogens with zero attached hydrogens (tertiary/aromatic N) is 5. The average Bonchev–Trinajstić information content (AvgIpc) is 3.54. The van der Waals surface area contributed by atoms with Gasteiger partial charge in [0.15, 0.2) is 17.3 Å². The number of hydrogen-bond acceptors (Lipinski definition) is 7. The van der Waals surface area contributed by atoms with Crippen LogP contribution in [0.5, 0.6) is 11.6 Å². The van der Waals surface area contributed by atoms with Gasteiger partial charge in [0.25, 0.3) is 11.8 Å². The molecule has 1 fully saturated rings. The number of carbonyl (C=O) groups excluding carboxylic acids is 1. The van der Waals surface area contributed by atoms with Gasteiger partial charge in [-0.2, -0.15) is 5.10 Å².